The molecule has 0 unspecified atom stereocenters. The lowest BCUT2D eigenvalue weighted by atomic mass is 10.0. The largest absolute Gasteiger partial charge is 0.339 e. The molecule has 0 spiro atoms. The summed E-state index contributed by atoms with van der Waals surface area (Å²) in [6.45, 7) is 4.25. The lowest BCUT2D eigenvalue weighted by molar-refractivity contribution is 0.190. The fraction of sp³-hybridized carbons (Fsp3) is 0.462. The molecule has 1 aromatic rings. The van der Waals surface area contributed by atoms with E-state index in [0.717, 1.165) is 5.56 Å². The van der Waals surface area contributed by atoms with Crippen LogP contribution in [0.2, 0.25) is 0 Å². The Morgan fingerprint density at radius 3 is 2.44 bits per heavy atom. The van der Waals surface area contributed by atoms with Crippen molar-refractivity contribution in [3.05, 3.63) is 35.9 Å². The normalized spacial score (nSPS) is 22.7. The van der Waals surface area contributed by atoms with Crippen LogP contribution in [0.25, 0.3) is 0 Å². The molecule has 4 nitrogen and oxygen atoms in total. The zero-order chi connectivity index (χ0) is 13.3. The average Bonchev–Trinajstić information content (AvgIpc) is 2.54. The molecular weight excluding hydrogens is 250 g/mol. The maximum absolute atomic E-state index is 11.9. The van der Waals surface area contributed by atoms with Gasteiger partial charge in [-0.2, -0.15) is 0 Å². The first kappa shape index (κ1) is 13.1. The van der Waals surface area contributed by atoms with Gasteiger partial charge in [0.1, 0.15) is 0 Å². The van der Waals surface area contributed by atoms with E-state index in [9.17, 15) is 13.2 Å². The molecule has 0 N–H and O–H groups in total. The van der Waals surface area contributed by atoms with Gasteiger partial charge < -0.3 is 4.90 Å². The molecule has 1 aromatic carbocycles. The summed E-state index contributed by atoms with van der Waals surface area (Å²) in [6, 6.07) is 9.24. The van der Waals surface area contributed by atoms with E-state index in [-0.39, 0.29) is 17.7 Å². The van der Waals surface area contributed by atoms with Gasteiger partial charge in [-0.15, -0.1) is 0 Å². The SMILES string of the molecule is CC(C)[C@H]1CS(=O)(=O)C(=O)N1Cc1ccccc1. The Kier molecular flexibility index (Phi) is 3.43. The van der Waals surface area contributed by atoms with Crippen molar-refractivity contribution in [3.63, 3.8) is 0 Å². The Morgan fingerprint density at radius 1 is 1.28 bits per heavy atom. The van der Waals surface area contributed by atoms with Crippen LogP contribution in [0.4, 0.5) is 4.79 Å². The first-order valence-corrected chi connectivity index (χ1v) is 7.64. The zero-order valence-electron chi connectivity index (χ0n) is 10.5. The Labute approximate surface area is 108 Å². The number of rotatable bonds is 3. The van der Waals surface area contributed by atoms with Gasteiger partial charge in [-0.25, -0.2) is 8.42 Å². The smallest absolute Gasteiger partial charge is 0.321 e. The van der Waals surface area contributed by atoms with Crippen molar-refractivity contribution in [3.8, 4) is 0 Å². The van der Waals surface area contributed by atoms with Crippen LogP contribution in [0, 0.1) is 5.92 Å². The van der Waals surface area contributed by atoms with Gasteiger partial charge in [-0.05, 0) is 11.5 Å². The van der Waals surface area contributed by atoms with E-state index in [1.165, 1.54) is 4.90 Å². The summed E-state index contributed by atoms with van der Waals surface area (Å²) in [6.07, 6.45) is 0. The Morgan fingerprint density at radius 2 is 1.89 bits per heavy atom. The predicted molar refractivity (Wildman–Crippen MR) is 69.8 cm³/mol. The lowest BCUT2D eigenvalue weighted by Crippen LogP contribution is -2.36. The van der Waals surface area contributed by atoms with Gasteiger partial charge in [-0.1, -0.05) is 44.2 Å². The van der Waals surface area contributed by atoms with Crippen molar-refractivity contribution in [1.29, 1.82) is 0 Å². The summed E-state index contributed by atoms with van der Waals surface area (Å²) in [7, 11) is -3.60. The van der Waals surface area contributed by atoms with E-state index in [1.54, 1.807) is 0 Å². The first-order valence-electron chi connectivity index (χ1n) is 5.99. The molecule has 0 saturated carbocycles. The second-order valence-electron chi connectivity index (χ2n) is 4.97. The third kappa shape index (κ3) is 2.41. The maximum Gasteiger partial charge on any atom is 0.339 e. The molecule has 98 valence electrons. The van der Waals surface area contributed by atoms with Crippen LogP contribution in [0.15, 0.2) is 30.3 Å². The molecule has 1 atom stereocenters. The summed E-state index contributed by atoms with van der Waals surface area (Å²) in [5.74, 6) is 0.0750. The second-order valence-corrected chi connectivity index (χ2v) is 6.88. The fourth-order valence-electron chi connectivity index (χ4n) is 2.21. The standard InChI is InChI=1S/C13H17NO3S/c1-10(2)12-9-18(16,17)13(15)14(12)8-11-6-4-3-5-7-11/h3-7,10,12H,8-9H2,1-2H3/t12-/m1/s1. The van der Waals surface area contributed by atoms with E-state index in [1.807, 2.05) is 44.2 Å². The van der Waals surface area contributed by atoms with Gasteiger partial charge in [0.2, 0.25) is 9.84 Å². The van der Waals surface area contributed by atoms with E-state index >= 15 is 0 Å². The molecular formula is C13H17NO3S. The summed E-state index contributed by atoms with van der Waals surface area (Å²) in [4.78, 5) is 13.4. The number of benzene rings is 1. The monoisotopic (exact) mass is 267 g/mol. The molecule has 1 aliphatic rings. The fourth-order valence-corrected chi connectivity index (χ4v) is 3.93. The van der Waals surface area contributed by atoms with Crippen LogP contribution in [-0.2, 0) is 16.4 Å². The van der Waals surface area contributed by atoms with Crippen molar-refractivity contribution in [1.82, 2.24) is 4.90 Å². The second kappa shape index (κ2) is 4.72. The summed E-state index contributed by atoms with van der Waals surface area (Å²) in [5.41, 5.74) is 0.952. The van der Waals surface area contributed by atoms with Gasteiger partial charge in [0.05, 0.1) is 5.75 Å². The Hall–Kier alpha value is -1.36. The predicted octanol–water partition coefficient (Wildman–Crippen LogP) is 2.06. The number of carbonyl (C=O) groups excluding carboxylic acids is 1. The molecule has 0 radical (unpaired) electrons. The topological polar surface area (TPSA) is 54.5 Å². The van der Waals surface area contributed by atoms with Gasteiger partial charge in [0, 0.05) is 12.6 Å². The van der Waals surface area contributed by atoms with Gasteiger partial charge in [-0.3, -0.25) is 4.79 Å². The van der Waals surface area contributed by atoms with E-state index in [0.29, 0.717) is 6.54 Å². The third-order valence-corrected chi connectivity index (χ3v) is 4.80. The molecule has 2 rings (SSSR count). The molecule has 0 bridgehead atoms. The highest BCUT2D eigenvalue weighted by molar-refractivity contribution is 8.06. The number of carbonyl (C=O) groups is 1. The van der Waals surface area contributed by atoms with Crippen molar-refractivity contribution < 1.29 is 13.2 Å². The number of nitrogens with zero attached hydrogens (tertiary/aromatic N) is 1. The highest BCUT2D eigenvalue weighted by atomic mass is 32.2. The Balaban J connectivity index is 2.27. The molecule has 0 aromatic heterocycles. The van der Waals surface area contributed by atoms with Gasteiger partial charge in [0.25, 0.3) is 0 Å². The van der Waals surface area contributed by atoms with Crippen LogP contribution in [-0.4, -0.2) is 30.4 Å². The van der Waals surface area contributed by atoms with E-state index in [2.05, 4.69) is 0 Å². The van der Waals surface area contributed by atoms with Gasteiger partial charge >= 0.3 is 5.24 Å². The van der Waals surface area contributed by atoms with E-state index < -0.39 is 15.1 Å². The molecule has 1 aliphatic heterocycles. The highest BCUT2D eigenvalue weighted by Crippen LogP contribution is 2.26. The maximum atomic E-state index is 11.9. The average molecular weight is 267 g/mol. The van der Waals surface area contributed by atoms with Crippen LogP contribution >= 0.6 is 0 Å². The third-order valence-electron chi connectivity index (χ3n) is 3.26. The molecule has 18 heavy (non-hydrogen) atoms. The number of amides is 1. The van der Waals surface area contributed by atoms with Crippen LogP contribution in [0.5, 0.6) is 0 Å². The molecule has 0 aliphatic carbocycles. The zero-order valence-corrected chi connectivity index (χ0v) is 11.4. The van der Waals surface area contributed by atoms with Crippen molar-refractivity contribution in [2.45, 2.75) is 26.4 Å². The van der Waals surface area contributed by atoms with Crippen molar-refractivity contribution in [2.75, 3.05) is 5.75 Å². The molecule has 1 heterocycles. The minimum atomic E-state index is -3.60. The highest BCUT2D eigenvalue weighted by Gasteiger charge is 2.44. The van der Waals surface area contributed by atoms with Crippen molar-refractivity contribution >= 4 is 15.1 Å². The minimum absolute atomic E-state index is 0.0592. The summed E-state index contributed by atoms with van der Waals surface area (Å²) < 4.78 is 23.4. The molecule has 1 saturated heterocycles. The van der Waals surface area contributed by atoms with Gasteiger partial charge in [0.15, 0.2) is 0 Å². The number of hydrogen-bond donors (Lipinski definition) is 0. The minimum Gasteiger partial charge on any atom is -0.321 e. The van der Waals surface area contributed by atoms with E-state index in [4.69, 9.17) is 0 Å². The Bertz CT molecular complexity index is 537. The molecule has 1 amide bonds. The molecule has 5 heteroatoms. The summed E-state index contributed by atoms with van der Waals surface area (Å²) in [5, 5.41) is -0.731. The quantitative estimate of drug-likeness (QED) is 0.842. The molecule has 1 fully saturated rings. The number of hydrogen-bond acceptors (Lipinski definition) is 3. The number of sulfone groups is 1. The lowest BCUT2D eigenvalue weighted by Gasteiger charge is -2.26. The van der Waals surface area contributed by atoms with Crippen LogP contribution in [0.3, 0.4) is 0 Å². The van der Waals surface area contributed by atoms with Crippen LogP contribution in [0.1, 0.15) is 19.4 Å². The summed E-state index contributed by atoms with van der Waals surface area (Å²) >= 11 is 0. The van der Waals surface area contributed by atoms with Crippen molar-refractivity contribution in [2.24, 2.45) is 5.92 Å². The van der Waals surface area contributed by atoms with Crippen LogP contribution < -0.4 is 0 Å². The first-order chi connectivity index (χ1) is 8.42.